The van der Waals surface area contributed by atoms with Crippen molar-refractivity contribution in [2.24, 2.45) is 5.73 Å². The molecule has 1 aromatic carbocycles. The van der Waals surface area contributed by atoms with E-state index >= 15 is 0 Å². The van der Waals surface area contributed by atoms with E-state index in [1.807, 2.05) is 0 Å². The fraction of sp³-hybridized carbons (Fsp3) is 0.600. The van der Waals surface area contributed by atoms with Crippen molar-refractivity contribution in [3.63, 3.8) is 0 Å². The lowest BCUT2D eigenvalue weighted by atomic mass is 9.97. The third kappa shape index (κ3) is 4.36. The van der Waals surface area contributed by atoms with Crippen LogP contribution in [-0.2, 0) is 5.75 Å². The van der Waals surface area contributed by atoms with Crippen molar-refractivity contribution < 1.29 is 0 Å². The molecule has 1 fully saturated rings. The molecule has 0 heterocycles. The number of thioether (sulfide) groups is 1. The lowest BCUT2D eigenvalue weighted by Gasteiger charge is -2.25. The van der Waals surface area contributed by atoms with Crippen molar-refractivity contribution in [1.29, 1.82) is 0 Å². The van der Waals surface area contributed by atoms with Crippen molar-refractivity contribution in [2.45, 2.75) is 55.6 Å². The summed E-state index contributed by atoms with van der Waals surface area (Å²) in [6, 6.07) is 11.1. The van der Waals surface area contributed by atoms with Crippen molar-refractivity contribution in [2.75, 3.05) is 0 Å². The van der Waals surface area contributed by atoms with Gasteiger partial charge in [0.2, 0.25) is 0 Å². The highest BCUT2D eigenvalue weighted by molar-refractivity contribution is 7.99. The van der Waals surface area contributed by atoms with E-state index in [0.29, 0.717) is 11.3 Å². The Bertz CT molecular complexity index is 312. The molecular weight excluding hydrogens is 226 g/mol. The minimum absolute atomic E-state index is 0.406. The summed E-state index contributed by atoms with van der Waals surface area (Å²) < 4.78 is 0. The highest BCUT2D eigenvalue weighted by Crippen LogP contribution is 2.28. The van der Waals surface area contributed by atoms with Crippen LogP contribution in [0.3, 0.4) is 0 Å². The van der Waals surface area contributed by atoms with E-state index in [0.717, 1.165) is 5.75 Å². The summed E-state index contributed by atoms with van der Waals surface area (Å²) in [6.07, 6.45) is 7.98. The number of nitrogens with two attached hydrogens (primary N) is 1. The summed E-state index contributed by atoms with van der Waals surface area (Å²) in [4.78, 5) is 0. The second-order valence-electron chi connectivity index (χ2n) is 4.99. The molecule has 2 atom stereocenters. The molecule has 1 aliphatic carbocycles. The van der Waals surface area contributed by atoms with Crippen molar-refractivity contribution in [1.82, 2.24) is 0 Å². The van der Waals surface area contributed by atoms with Crippen LogP contribution < -0.4 is 5.73 Å². The second-order valence-corrected chi connectivity index (χ2v) is 6.22. The summed E-state index contributed by atoms with van der Waals surface area (Å²) in [7, 11) is 0. The van der Waals surface area contributed by atoms with E-state index in [1.54, 1.807) is 0 Å². The molecule has 2 unspecified atom stereocenters. The minimum atomic E-state index is 0.406. The molecule has 2 N–H and O–H groups in total. The van der Waals surface area contributed by atoms with Gasteiger partial charge < -0.3 is 5.73 Å². The predicted octanol–water partition coefficient (Wildman–Crippen LogP) is 3.97. The fourth-order valence-corrected chi connectivity index (χ4v) is 3.78. The standard InChI is InChI=1S/C15H23NS/c16-14-10-6-1-2-7-11-15(14)17-12-13-8-4-3-5-9-13/h3-5,8-9,14-15H,1-2,6-7,10-12,16H2. The molecule has 0 saturated heterocycles. The van der Waals surface area contributed by atoms with Gasteiger partial charge in [-0.25, -0.2) is 0 Å². The van der Waals surface area contributed by atoms with Gasteiger partial charge in [-0.1, -0.05) is 56.0 Å². The Morgan fingerprint density at radius 2 is 1.71 bits per heavy atom. The first-order chi connectivity index (χ1) is 8.36. The fourth-order valence-electron chi connectivity index (χ4n) is 2.46. The van der Waals surface area contributed by atoms with E-state index in [4.69, 9.17) is 5.73 Å². The molecule has 0 aromatic heterocycles. The van der Waals surface area contributed by atoms with Crippen LogP contribution in [0, 0.1) is 0 Å². The molecule has 1 saturated carbocycles. The molecule has 0 spiro atoms. The molecule has 1 aliphatic rings. The Kier molecular flexibility index (Phi) is 5.40. The summed E-state index contributed by atoms with van der Waals surface area (Å²) in [5.41, 5.74) is 7.71. The molecule has 17 heavy (non-hydrogen) atoms. The van der Waals surface area contributed by atoms with Crippen LogP contribution in [0.4, 0.5) is 0 Å². The topological polar surface area (TPSA) is 26.0 Å². The van der Waals surface area contributed by atoms with E-state index in [2.05, 4.69) is 42.1 Å². The molecule has 2 rings (SSSR count). The first-order valence-electron chi connectivity index (χ1n) is 6.77. The van der Waals surface area contributed by atoms with Crippen LogP contribution in [0.1, 0.15) is 44.1 Å². The van der Waals surface area contributed by atoms with Crippen LogP contribution in [0.5, 0.6) is 0 Å². The quantitative estimate of drug-likeness (QED) is 0.877. The van der Waals surface area contributed by atoms with Gasteiger partial charge in [0.1, 0.15) is 0 Å². The third-order valence-corrected chi connectivity index (χ3v) is 5.07. The maximum atomic E-state index is 6.29. The molecule has 94 valence electrons. The number of hydrogen-bond acceptors (Lipinski definition) is 2. The molecule has 1 nitrogen and oxygen atoms in total. The smallest absolute Gasteiger partial charge is 0.0202 e. The third-order valence-electron chi connectivity index (χ3n) is 3.56. The zero-order chi connectivity index (χ0) is 11.9. The van der Waals surface area contributed by atoms with Gasteiger partial charge in [0, 0.05) is 17.0 Å². The number of rotatable bonds is 3. The van der Waals surface area contributed by atoms with E-state index in [1.165, 1.54) is 44.1 Å². The monoisotopic (exact) mass is 249 g/mol. The Morgan fingerprint density at radius 3 is 2.47 bits per heavy atom. The van der Waals surface area contributed by atoms with Gasteiger partial charge in [-0.3, -0.25) is 0 Å². The van der Waals surface area contributed by atoms with Gasteiger partial charge in [-0.05, 0) is 18.4 Å². The lowest BCUT2D eigenvalue weighted by Crippen LogP contribution is -2.33. The van der Waals surface area contributed by atoms with Gasteiger partial charge in [0.25, 0.3) is 0 Å². The molecule has 0 aliphatic heterocycles. The van der Waals surface area contributed by atoms with Gasteiger partial charge >= 0.3 is 0 Å². The zero-order valence-corrected chi connectivity index (χ0v) is 11.3. The highest BCUT2D eigenvalue weighted by Gasteiger charge is 2.19. The van der Waals surface area contributed by atoms with E-state index < -0.39 is 0 Å². The average molecular weight is 249 g/mol. The van der Waals surface area contributed by atoms with E-state index in [9.17, 15) is 0 Å². The molecule has 0 radical (unpaired) electrons. The minimum Gasteiger partial charge on any atom is -0.327 e. The Hall–Kier alpha value is -0.470. The Morgan fingerprint density at radius 1 is 1.00 bits per heavy atom. The van der Waals surface area contributed by atoms with Crippen molar-refractivity contribution in [3.05, 3.63) is 35.9 Å². The number of hydrogen-bond donors (Lipinski definition) is 1. The van der Waals surface area contributed by atoms with Crippen molar-refractivity contribution in [3.8, 4) is 0 Å². The maximum absolute atomic E-state index is 6.29. The largest absolute Gasteiger partial charge is 0.327 e. The number of benzene rings is 1. The second kappa shape index (κ2) is 7.07. The average Bonchev–Trinajstić information content (AvgIpc) is 2.35. The van der Waals surface area contributed by atoms with Crippen LogP contribution >= 0.6 is 11.8 Å². The van der Waals surface area contributed by atoms with Crippen LogP contribution in [0.2, 0.25) is 0 Å². The van der Waals surface area contributed by atoms with Gasteiger partial charge in [-0.2, -0.15) is 11.8 Å². The maximum Gasteiger partial charge on any atom is 0.0202 e. The van der Waals surface area contributed by atoms with Gasteiger partial charge in [0.15, 0.2) is 0 Å². The molecule has 0 bridgehead atoms. The zero-order valence-electron chi connectivity index (χ0n) is 10.5. The first kappa shape index (κ1) is 13.0. The summed E-state index contributed by atoms with van der Waals surface area (Å²) >= 11 is 2.06. The Labute approximate surface area is 109 Å². The summed E-state index contributed by atoms with van der Waals surface area (Å²) in [6.45, 7) is 0. The molecule has 0 amide bonds. The molecule has 2 heteroatoms. The van der Waals surface area contributed by atoms with Crippen LogP contribution in [-0.4, -0.2) is 11.3 Å². The SMILES string of the molecule is NC1CCCCCCC1SCc1ccccc1. The highest BCUT2D eigenvalue weighted by atomic mass is 32.2. The van der Waals surface area contributed by atoms with E-state index in [-0.39, 0.29) is 0 Å². The van der Waals surface area contributed by atoms with Gasteiger partial charge in [0.05, 0.1) is 0 Å². The molecular formula is C15H23NS. The van der Waals surface area contributed by atoms with Crippen LogP contribution in [0.15, 0.2) is 30.3 Å². The summed E-state index contributed by atoms with van der Waals surface area (Å²) in [5, 5.41) is 0.663. The Balaban J connectivity index is 1.83. The lowest BCUT2D eigenvalue weighted by molar-refractivity contribution is 0.463. The van der Waals surface area contributed by atoms with Gasteiger partial charge in [-0.15, -0.1) is 0 Å². The molecule has 1 aromatic rings. The summed E-state index contributed by atoms with van der Waals surface area (Å²) in [5.74, 6) is 1.11. The normalized spacial score (nSPS) is 26.2. The van der Waals surface area contributed by atoms with Crippen LogP contribution in [0.25, 0.3) is 0 Å². The first-order valence-corrected chi connectivity index (χ1v) is 7.82. The van der Waals surface area contributed by atoms with Crippen molar-refractivity contribution >= 4 is 11.8 Å². The predicted molar refractivity (Wildman–Crippen MR) is 77.2 cm³/mol.